The molecule has 1 unspecified atom stereocenters. The summed E-state index contributed by atoms with van der Waals surface area (Å²) < 4.78 is 10.7. The number of fused-ring (bicyclic) bond motifs is 1. The van der Waals surface area contributed by atoms with Gasteiger partial charge < -0.3 is 19.5 Å². The minimum Gasteiger partial charge on any atom is -0.379 e. The summed E-state index contributed by atoms with van der Waals surface area (Å²) in [5.41, 5.74) is 1.32. The fourth-order valence-electron chi connectivity index (χ4n) is 4.00. The number of carbonyl (C=O) groups is 2. The molecule has 8 nitrogen and oxygen atoms in total. The maximum Gasteiger partial charge on any atom is 0.276 e. The summed E-state index contributed by atoms with van der Waals surface area (Å²) in [6.07, 6.45) is 4.23. The molecule has 4 rings (SSSR count). The second-order valence-corrected chi connectivity index (χ2v) is 7.33. The van der Waals surface area contributed by atoms with E-state index in [-0.39, 0.29) is 17.9 Å². The van der Waals surface area contributed by atoms with Crippen molar-refractivity contribution >= 4 is 11.8 Å². The molecular weight excluding hydrogens is 336 g/mol. The molecule has 2 saturated heterocycles. The van der Waals surface area contributed by atoms with Crippen molar-refractivity contribution in [3.05, 3.63) is 17.0 Å². The molecular formula is C18H26N4O4. The van der Waals surface area contributed by atoms with Crippen LogP contribution in [0.15, 0.2) is 4.52 Å². The molecule has 1 aromatic heterocycles. The maximum absolute atomic E-state index is 12.7. The summed E-state index contributed by atoms with van der Waals surface area (Å²) in [6.45, 7) is 4.94. The van der Waals surface area contributed by atoms with Crippen LogP contribution in [0, 0.1) is 0 Å². The van der Waals surface area contributed by atoms with E-state index in [4.69, 9.17) is 9.26 Å². The number of rotatable bonds is 4. The predicted molar refractivity (Wildman–Crippen MR) is 92.9 cm³/mol. The van der Waals surface area contributed by atoms with E-state index in [1.54, 1.807) is 0 Å². The Labute approximate surface area is 152 Å². The third-order valence-corrected chi connectivity index (χ3v) is 5.47. The van der Waals surface area contributed by atoms with Gasteiger partial charge in [0.05, 0.1) is 19.8 Å². The van der Waals surface area contributed by atoms with Gasteiger partial charge in [-0.25, -0.2) is 0 Å². The van der Waals surface area contributed by atoms with E-state index in [1.165, 1.54) is 0 Å². The number of ether oxygens (including phenoxy) is 1. The molecule has 0 saturated carbocycles. The highest BCUT2D eigenvalue weighted by Crippen LogP contribution is 2.26. The van der Waals surface area contributed by atoms with E-state index in [0.717, 1.165) is 56.8 Å². The molecule has 1 aliphatic carbocycles. The molecule has 2 amide bonds. The van der Waals surface area contributed by atoms with Crippen molar-refractivity contribution in [2.24, 2.45) is 0 Å². The molecule has 26 heavy (non-hydrogen) atoms. The molecule has 1 atom stereocenters. The fourth-order valence-corrected chi connectivity index (χ4v) is 4.00. The van der Waals surface area contributed by atoms with E-state index in [2.05, 4.69) is 15.4 Å². The lowest BCUT2D eigenvalue weighted by Gasteiger charge is -2.28. The van der Waals surface area contributed by atoms with E-state index in [9.17, 15) is 9.59 Å². The summed E-state index contributed by atoms with van der Waals surface area (Å²) in [5.74, 6) is 0.795. The van der Waals surface area contributed by atoms with Crippen molar-refractivity contribution in [1.82, 2.24) is 20.3 Å². The zero-order valence-electron chi connectivity index (χ0n) is 15.0. The Morgan fingerprint density at radius 1 is 1.15 bits per heavy atom. The Morgan fingerprint density at radius 3 is 2.69 bits per heavy atom. The first-order valence-electron chi connectivity index (χ1n) is 9.57. The molecule has 0 bridgehead atoms. The number of nitrogens with zero attached hydrogens (tertiary/aromatic N) is 3. The normalized spacial score (nSPS) is 23.7. The number of carbonyl (C=O) groups excluding carboxylic acids is 2. The quantitative estimate of drug-likeness (QED) is 0.824. The summed E-state index contributed by atoms with van der Waals surface area (Å²) in [6, 6.07) is 0.0283. The van der Waals surface area contributed by atoms with E-state index in [1.807, 2.05) is 4.90 Å². The van der Waals surface area contributed by atoms with Crippen molar-refractivity contribution in [3.63, 3.8) is 0 Å². The molecule has 8 heteroatoms. The fraction of sp³-hybridized carbons (Fsp3) is 0.722. The van der Waals surface area contributed by atoms with Gasteiger partial charge in [-0.05, 0) is 25.7 Å². The molecule has 2 fully saturated rings. The average Bonchev–Trinajstić information content (AvgIpc) is 3.32. The van der Waals surface area contributed by atoms with Gasteiger partial charge in [-0.1, -0.05) is 5.16 Å². The predicted octanol–water partition coefficient (Wildman–Crippen LogP) is 0.216. The second kappa shape index (κ2) is 7.75. The van der Waals surface area contributed by atoms with Gasteiger partial charge in [-0.2, -0.15) is 0 Å². The molecule has 1 aromatic rings. The summed E-state index contributed by atoms with van der Waals surface area (Å²) >= 11 is 0. The molecule has 0 radical (unpaired) electrons. The van der Waals surface area contributed by atoms with Gasteiger partial charge >= 0.3 is 0 Å². The smallest absolute Gasteiger partial charge is 0.276 e. The van der Waals surface area contributed by atoms with Crippen LogP contribution in [0.25, 0.3) is 0 Å². The molecule has 0 aromatic carbocycles. The molecule has 1 N–H and O–H groups in total. The third kappa shape index (κ3) is 3.76. The van der Waals surface area contributed by atoms with Crippen LogP contribution in [0.4, 0.5) is 0 Å². The van der Waals surface area contributed by atoms with Crippen LogP contribution in [0.5, 0.6) is 0 Å². The van der Waals surface area contributed by atoms with Crippen LogP contribution >= 0.6 is 0 Å². The van der Waals surface area contributed by atoms with Crippen molar-refractivity contribution in [2.75, 3.05) is 45.9 Å². The number of aromatic nitrogens is 1. The lowest BCUT2D eigenvalue weighted by atomic mass is 9.91. The van der Waals surface area contributed by atoms with Crippen molar-refractivity contribution < 1.29 is 18.8 Å². The van der Waals surface area contributed by atoms with Gasteiger partial charge in [0.15, 0.2) is 5.69 Å². The number of nitrogens with one attached hydrogen (secondary N) is 1. The maximum atomic E-state index is 12.7. The largest absolute Gasteiger partial charge is 0.379 e. The van der Waals surface area contributed by atoms with Gasteiger partial charge in [0, 0.05) is 44.2 Å². The Bertz CT molecular complexity index is 662. The zero-order chi connectivity index (χ0) is 17.9. The molecule has 3 aliphatic rings. The molecule has 0 spiro atoms. The summed E-state index contributed by atoms with van der Waals surface area (Å²) in [7, 11) is 0. The number of hydrogen-bond acceptors (Lipinski definition) is 6. The number of amides is 2. The molecule has 142 valence electrons. The number of hydrogen-bond donors (Lipinski definition) is 1. The van der Waals surface area contributed by atoms with Crippen LogP contribution in [-0.2, 0) is 22.4 Å². The lowest BCUT2D eigenvalue weighted by molar-refractivity contribution is -0.124. The third-order valence-electron chi connectivity index (χ3n) is 5.47. The standard InChI is InChI=1S/C18H26N4O4/c23-16(12-21-7-9-25-10-8-21)19-13-3-4-15-14(11-13)17(20-26-15)18(24)22-5-1-2-6-22/h13H,1-12H2,(H,19,23). The Balaban J connectivity index is 1.36. The minimum atomic E-state index is -0.0345. The van der Waals surface area contributed by atoms with Crippen LogP contribution in [-0.4, -0.2) is 78.8 Å². The lowest BCUT2D eigenvalue weighted by Crippen LogP contribution is -2.47. The first-order valence-corrected chi connectivity index (χ1v) is 9.57. The first kappa shape index (κ1) is 17.5. The molecule has 2 aliphatic heterocycles. The van der Waals surface area contributed by atoms with Crippen LogP contribution in [0.2, 0.25) is 0 Å². The van der Waals surface area contributed by atoms with Crippen molar-refractivity contribution in [2.45, 2.75) is 38.1 Å². The second-order valence-electron chi connectivity index (χ2n) is 7.33. The number of likely N-dealkylation sites (tertiary alicyclic amines) is 1. The minimum absolute atomic E-state index is 0.0283. The van der Waals surface area contributed by atoms with Gasteiger partial charge in [-0.15, -0.1) is 0 Å². The summed E-state index contributed by atoms with van der Waals surface area (Å²) in [5, 5.41) is 7.17. The monoisotopic (exact) mass is 362 g/mol. The summed E-state index contributed by atoms with van der Waals surface area (Å²) in [4.78, 5) is 29.0. The highest BCUT2D eigenvalue weighted by atomic mass is 16.5. The van der Waals surface area contributed by atoms with Gasteiger partial charge in [0.1, 0.15) is 5.76 Å². The van der Waals surface area contributed by atoms with Gasteiger partial charge in [0.25, 0.3) is 5.91 Å². The van der Waals surface area contributed by atoms with Crippen LogP contribution < -0.4 is 5.32 Å². The van der Waals surface area contributed by atoms with E-state index < -0.39 is 0 Å². The number of morpholine rings is 1. The van der Waals surface area contributed by atoms with E-state index >= 15 is 0 Å². The van der Waals surface area contributed by atoms with E-state index in [0.29, 0.717) is 38.3 Å². The van der Waals surface area contributed by atoms with Gasteiger partial charge in [-0.3, -0.25) is 14.5 Å². The highest BCUT2D eigenvalue weighted by Gasteiger charge is 2.32. The van der Waals surface area contributed by atoms with Crippen molar-refractivity contribution in [1.29, 1.82) is 0 Å². The van der Waals surface area contributed by atoms with Crippen LogP contribution in [0.3, 0.4) is 0 Å². The Kier molecular flexibility index (Phi) is 5.21. The van der Waals surface area contributed by atoms with Crippen molar-refractivity contribution in [3.8, 4) is 0 Å². The topological polar surface area (TPSA) is 87.9 Å². The number of aryl methyl sites for hydroxylation is 1. The Morgan fingerprint density at radius 2 is 1.92 bits per heavy atom. The SMILES string of the molecule is O=C(CN1CCOCC1)NC1CCc2onc(C(=O)N3CCCC3)c2C1. The zero-order valence-corrected chi connectivity index (χ0v) is 15.0. The average molecular weight is 362 g/mol. The van der Waals surface area contributed by atoms with Crippen LogP contribution in [0.1, 0.15) is 41.1 Å². The Hall–Kier alpha value is -1.93. The highest BCUT2D eigenvalue weighted by molar-refractivity contribution is 5.94. The van der Waals surface area contributed by atoms with Gasteiger partial charge in [0.2, 0.25) is 5.91 Å². The first-order chi connectivity index (χ1) is 12.7. The molecule has 3 heterocycles.